The molecule has 2 aliphatic rings. The van der Waals surface area contributed by atoms with E-state index in [2.05, 4.69) is 6.92 Å². The van der Waals surface area contributed by atoms with Crippen LogP contribution in [0.5, 0.6) is 5.75 Å². The molecule has 2 aliphatic heterocycles. The first kappa shape index (κ1) is 25.6. The van der Waals surface area contributed by atoms with E-state index < -0.39 is 5.41 Å². The van der Waals surface area contributed by atoms with Gasteiger partial charge in [-0.05, 0) is 68.4 Å². The number of ether oxygens (including phenoxy) is 1. The lowest BCUT2D eigenvalue weighted by Crippen LogP contribution is -2.52. The Morgan fingerprint density at radius 3 is 2.31 bits per heavy atom. The van der Waals surface area contributed by atoms with Crippen molar-refractivity contribution in [1.82, 2.24) is 9.80 Å². The van der Waals surface area contributed by atoms with Crippen LogP contribution in [0.15, 0.2) is 54.6 Å². The van der Waals surface area contributed by atoms with Gasteiger partial charge in [-0.15, -0.1) is 0 Å². The van der Waals surface area contributed by atoms with E-state index in [0.29, 0.717) is 24.6 Å². The van der Waals surface area contributed by atoms with Crippen molar-refractivity contribution in [2.75, 3.05) is 32.8 Å². The molecule has 35 heavy (non-hydrogen) atoms. The van der Waals surface area contributed by atoms with E-state index in [4.69, 9.17) is 16.3 Å². The number of rotatable bonds is 8. The molecule has 0 aliphatic carbocycles. The number of nitrogens with zero attached hydrogens (tertiary/aromatic N) is 2. The Morgan fingerprint density at radius 2 is 1.63 bits per heavy atom. The number of halogens is 1. The first-order chi connectivity index (χ1) is 17.0. The van der Waals surface area contributed by atoms with Crippen LogP contribution in [0, 0.1) is 5.41 Å². The summed E-state index contributed by atoms with van der Waals surface area (Å²) in [6, 6.07) is 17.4. The second-order valence-corrected chi connectivity index (χ2v) is 10.5. The molecule has 2 amide bonds. The SMILES string of the molecule is CC[C@H](C(=O)N1CCC[C@@](COc2ccc(Cl)cc2)(CC(=O)N2CCCCC2)C1)c1ccccc1. The summed E-state index contributed by atoms with van der Waals surface area (Å²) in [6.07, 6.45) is 6.22. The maximum atomic E-state index is 13.7. The van der Waals surface area contributed by atoms with E-state index in [0.717, 1.165) is 63.1 Å². The Kier molecular flexibility index (Phi) is 8.72. The molecule has 2 saturated heterocycles. The molecule has 5 nitrogen and oxygen atoms in total. The lowest BCUT2D eigenvalue weighted by atomic mass is 9.76. The lowest BCUT2D eigenvalue weighted by Gasteiger charge is -2.44. The highest BCUT2D eigenvalue weighted by molar-refractivity contribution is 6.30. The zero-order valence-corrected chi connectivity index (χ0v) is 21.5. The summed E-state index contributed by atoms with van der Waals surface area (Å²) in [4.78, 5) is 31.0. The van der Waals surface area contributed by atoms with Gasteiger partial charge in [0, 0.05) is 43.0 Å². The first-order valence-corrected chi connectivity index (χ1v) is 13.4. The van der Waals surface area contributed by atoms with E-state index >= 15 is 0 Å². The Balaban J connectivity index is 1.53. The van der Waals surface area contributed by atoms with Crippen LogP contribution in [-0.4, -0.2) is 54.4 Å². The zero-order chi connectivity index (χ0) is 24.7. The smallest absolute Gasteiger partial charge is 0.230 e. The molecule has 2 fully saturated rings. The fraction of sp³-hybridized carbons (Fsp3) is 0.517. The molecule has 6 heteroatoms. The predicted octanol–water partition coefficient (Wildman–Crippen LogP) is 5.92. The quantitative estimate of drug-likeness (QED) is 0.455. The number of hydrogen-bond acceptors (Lipinski definition) is 3. The summed E-state index contributed by atoms with van der Waals surface area (Å²) in [5, 5.41) is 0.660. The number of hydrogen-bond donors (Lipinski definition) is 0. The number of amides is 2. The molecule has 0 unspecified atom stereocenters. The average molecular weight is 497 g/mol. The molecule has 0 bridgehead atoms. The van der Waals surface area contributed by atoms with Crippen molar-refractivity contribution < 1.29 is 14.3 Å². The highest BCUT2D eigenvalue weighted by atomic mass is 35.5. The maximum Gasteiger partial charge on any atom is 0.230 e. The zero-order valence-electron chi connectivity index (χ0n) is 20.8. The minimum absolute atomic E-state index is 0.152. The van der Waals surface area contributed by atoms with Crippen molar-refractivity contribution in [3.63, 3.8) is 0 Å². The molecule has 0 radical (unpaired) electrons. The second kappa shape index (κ2) is 11.9. The minimum Gasteiger partial charge on any atom is -0.493 e. The molecule has 0 spiro atoms. The van der Waals surface area contributed by atoms with Gasteiger partial charge in [0.2, 0.25) is 11.8 Å². The van der Waals surface area contributed by atoms with Crippen molar-refractivity contribution in [2.24, 2.45) is 5.41 Å². The van der Waals surface area contributed by atoms with Gasteiger partial charge in [0.05, 0.1) is 12.5 Å². The van der Waals surface area contributed by atoms with E-state index in [1.165, 1.54) is 6.42 Å². The van der Waals surface area contributed by atoms with Gasteiger partial charge in [-0.3, -0.25) is 9.59 Å². The largest absolute Gasteiger partial charge is 0.493 e. The third kappa shape index (κ3) is 6.58. The molecule has 2 atom stereocenters. The molecular weight excluding hydrogens is 460 g/mol. The van der Waals surface area contributed by atoms with Gasteiger partial charge in [0.1, 0.15) is 5.75 Å². The molecule has 2 heterocycles. The number of carbonyl (C=O) groups excluding carboxylic acids is 2. The van der Waals surface area contributed by atoms with Crippen LogP contribution in [0.4, 0.5) is 0 Å². The monoisotopic (exact) mass is 496 g/mol. The van der Waals surface area contributed by atoms with Crippen LogP contribution >= 0.6 is 11.6 Å². The number of likely N-dealkylation sites (tertiary alicyclic amines) is 2. The Hall–Kier alpha value is -2.53. The van der Waals surface area contributed by atoms with Gasteiger partial charge >= 0.3 is 0 Å². The second-order valence-electron chi connectivity index (χ2n) is 10.1. The van der Waals surface area contributed by atoms with Crippen LogP contribution in [-0.2, 0) is 9.59 Å². The first-order valence-electron chi connectivity index (χ1n) is 13.0. The van der Waals surface area contributed by atoms with Gasteiger partial charge in [-0.2, -0.15) is 0 Å². The molecule has 0 aromatic heterocycles. The van der Waals surface area contributed by atoms with Gasteiger partial charge < -0.3 is 14.5 Å². The topological polar surface area (TPSA) is 49.9 Å². The highest BCUT2D eigenvalue weighted by Gasteiger charge is 2.42. The van der Waals surface area contributed by atoms with E-state index in [1.54, 1.807) is 0 Å². The van der Waals surface area contributed by atoms with E-state index in [-0.39, 0.29) is 17.7 Å². The standard InChI is InChI=1S/C29H37ClN2O3/c1-2-26(23-10-5-3-6-11-23)28(34)32-19-9-16-29(21-32,20-27(33)31-17-7-4-8-18-31)22-35-25-14-12-24(30)13-15-25/h3,5-6,10-15,26H,2,4,7-9,16-22H2,1H3/t26-,29+/m0/s1. The van der Waals surface area contributed by atoms with Crippen molar-refractivity contribution in [2.45, 2.75) is 57.8 Å². The fourth-order valence-corrected chi connectivity index (χ4v) is 5.64. The van der Waals surface area contributed by atoms with E-state index in [1.807, 2.05) is 64.4 Å². The summed E-state index contributed by atoms with van der Waals surface area (Å²) >= 11 is 6.04. The molecular formula is C29H37ClN2O3. The summed E-state index contributed by atoms with van der Waals surface area (Å²) in [5.74, 6) is 0.911. The van der Waals surface area contributed by atoms with Crippen LogP contribution in [0.25, 0.3) is 0 Å². The average Bonchev–Trinajstić information content (AvgIpc) is 2.90. The summed E-state index contributed by atoms with van der Waals surface area (Å²) in [5.41, 5.74) is 0.648. The Labute approximate surface area is 214 Å². The van der Waals surface area contributed by atoms with Gasteiger partial charge in [0.15, 0.2) is 0 Å². The molecule has 2 aromatic carbocycles. The normalized spacial score (nSPS) is 21.4. The molecule has 4 rings (SSSR count). The van der Waals surface area contributed by atoms with Crippen LogP contribution in [0.2, 0.25) is 5.02 Å². The summed E-state index contributed by atoms with van der Waals surface area (Å²) in [7, 11) is 0. The van der Waals surface area contributed by atoms with Crippen molar-refractivity contribution in [3.05, 3.63) is 65.2 Å². The van der Waals surface area contributed by atoms with Crippen LogP contribution in [0.1, 0.15) is 63.4 Å². The third-order valence-electron chi connectivity index (χ3n) is 7.48. The minimum atomic E-state index is -0.406. The van der Waals surface area contributed by atoms with Crippen molar-refractivity contribution >= 4 is 23.4 Å². The Bertz CT molecular complexity index is 975. The molecule has 188 valence electrons. The van der Waals surface area contributed by atoms with Crippen molar-refractivity contribution in [3.8, 4) is 5.75 Å². The summed E-state index contributed by atoms with van der Waals surface area (Å²) in [6.45, 7) is 5.41. The van der Waals surface area contributed by atoms with Gasteiger partial charge in [-0.25, -0.2) is 0 Å². The van der Waals surface area contributed by atoms with Crippen molar-refractivity contribution in [1.29, 1.82) is 0 Å². The highest BCUT2D eigenvalue weighted by Crippen LogP contribution is 2.37. The van der Waals surface area contributed by atoms with Gasteiger partial charge in [-0.1, -0.05) is 48.9 Å². The Morgan fingerprint density at radius 1 is 0.943 bits per heavy atom. The molecule has 0 N–H and O–H groups in total. The fourth-order valence-electron chi connectivity index (χ4n) is 5.51. The molecule has 0 saturated carbocycles. The lowest BCUT2D eigenvalue weighted by molar-refractivity contribution is -0.143. The number of piperidine rings is 2. The van der Waals surface area contributed by atoms with E-state index in [9.17, 15) is 9.59 Å². The molecule has 2 aromatic rings. The predicted molar refractivity (Wildman–Crippen MR) is 140 cm³/mol. The number of benzene rings is 2. The maximum absolute atomic E-state index is 13.7. The number of carbonyl (C=O) groups is 2. The van der Waals surface area contributed by atoms with Crippen LogP contribution in [0.3, 0.4) is 0 Å². The van der Waals surface area contributed by atoms with Gasteiger partial charge in [0.25, 0.3) is 0 Å². The third-order valence-corrected chi connectivity index (χ3v) is 7.73. The van der Waals surface area contributed by atoms with Crippen LogP contribution < -0.4 is 4.74 Å². The summed E-state index contributed by atoms with van der Waals surface area (Å²) < 4.78 is 6.22.